The van der Waals surface area contributed by atoms with Crippen molar-refractivity contribution in [1.82, 2.24) is 29.8 Å². The van der Waals surface area contributed by atoms with Gasteiger partial charge in [0.1, 0.15) is 5.82 Å². The number of alkyl halides is 3. The number of anilines is 1. The van der Waals surface area contributed by atoms with Crippen molar-refractivity contribution in [2.45, 2.75) is 12.7 Å². The molecule has 0 aliphatic rings. The molecule has 8 nitrogen and oxygen atoms in total. The lowest BCUT2D eigenvalue weighted by Crippen LogP contribution is -2.13. The Morgan fingerprint density at radius 1 is 1.08 bits per heavy atom. The van der Waals surface area contributed by atoms with Gasteiger partial charge in [0.25, 0.3) is 5.82 Å². The molecule has 128 valence electrons. The molecule has 0 aliphatic heterocycles. The summed E-state index contributed by atoms with van der Waals surface area (Å²) in [6, 6.07) is 8.20. The third-order valence-electron chi connectivity index (χ3n) is 3.57. The second-order valence-corrected chi connectivity index (χ2v) is 5.32. The van der Waals surface area contributed by atoms with Gasteiger partial charge in [0.05, 0.1) is 11.0 Å². The number of nitrogens with one attached hydrogen (secondary N) is 3. The van der Waals surface area contributed by atoms with E-state index in [2.05, 4.69) is 30.6 Å². The molecule has 0 atom stereocenters. The maximum absolute atomic E-state index is 12.9. The highest BCUT2D eigenvalue weighted by molar-refractivity contribution is 5.75. The van der Waals surface area contributed by atoms with Gasteiger partial charge in [-0.05, 0) is 29.8 Å². The standard InChI is InChI=1S/C14H10F3N7O/c15-14(16,17)12-22-21-11-4-3-10(23-24(11)12)18-6-7-1-2-8-9(5-7)20-13(25)19-8/h1-5H,6H2,(H,18,23)(H2,19,20,25). The summed E-state index contributed by atoms with van der Waals surface area (Å²) in [7, 11) is 0. The first kappa shape index (κ1) is 15.2. The van der Waals surface area contributed by atoms with Gasteiger partial charge in [-0.25, -0.2) is 4.79 Å². The van der Waals surface area contributed by atoms with Gasteiger partial charge in [-0.3, -0.25) is 0 Å². The molecule has 0 bridgehead atoms. The molecule has 0 amide bonds. The zero-order chi connectivity index (χ0) is 17.6. The van der Waals surface area contributed by atoms with Crippen LogP contribution in [0.15, 0.2) is 35.1 Å². The largest absolute Gasteiger partial charge is 0.453 e. The van der Waals surface area contributed by atoms with Crippen LogP contribution in [-0.2, 0) is 12.7 Å². The number of H-pyrrole nitrogens is 2. The Morgan fingerprint density at radius 3 is 2.68 bits per heavy atom. The number of halogens is 3. The number of aromatic nitrogens is 6. The SMILES string of the molecule is O=c1[nH]c2ccc(CNc3ccc4nnc(C(F)(F)F)n4n3)cc2[nH]1. The second-order valence-electron chi connectivity index (χ2n) is 5.32. The molecule has 3 N–H and O–H groups in total. The molecule has 0 saturated carbocycles. The lowest BCUT2D eigenvalue weighted by Gasteiger charge is -2.07. The Hall–Kier alpha value is -3.37. The maximum atomic E-state index is 12.9. The molecular weight excluding hydrogens is 339 g/mol. The zero-order valence-corrected chi connectivity index (χ0v) is 12.4. The highest BCUT2D eigenvalue weighted by atomic mass is 19.4. The number of benzene rings is 1. The van der Waals surface area contributed by atoms with Crippen LogP contribution < -0.4 is 11.0 Å². The maximum Gasteiger partial charge on any atom is 0.453 e. The molecule has 0 unspecified atom stereocenters. The number of hydrogen-bond acceptors (Lipinski definition) is 5. The fraction of sp³-hybridized carbons (Fsp3) is 0.143. The second kappa shape index (κ2) is 5.33. The topological polar surface area (TPSA) is 104 Å². The smallest absolute Gasteiger partial charge is 0.365 e. The van der Waals surface area contributed by atoms with Gasteiger partial charge in [-0.15, -0.1) is 15.3 Å². The van der Waals surface area contributed by atoms with Crippen LogP contribution in [0.25, 0.3) is 16.7 Å². The van der Waals surface area contributed by atoms with E-state index in [0.29, 0.717) is 22.1 Å². The third-order valence-corrected chi connectivity index (χ3v) is 3.57. The Kier molecular flexibility index (Phi) is 3.23. The van der Waals surface area contributed by atoms with E-state index in [-0.39, 0.29) is 17.2 Å². The van der Waals surface area contributed by atoms with Crippen molar-refractivity contribution in [2.75, 3.05) is 5.32 Å². The summed E-state index contributed by atoms with van der Waals surface area (Å²) < 4.78 is 39.3. The first-order chi connectivity index (χ1) is 11.9. The molecule has 25 heavy (non-hydrogen) atoms. The van der Waals surface area contributed by atoms with Gasteiger partial charge < -0.3 is 15.3 Å². The number of hydrogen-bond donors (Lipinski definition) is 3. The minimum absolute atomic E-state index is 0.00388. The van der Waals surface area contributed by atoms with Crippen molar-refractivity contribution in [3.8, 4) is 0 Å². The quantitative estimate of drug-likeness (QED) is 0.524. The van der Waals surface area contributed by atoms with Crippen molar-refractivity contribution in [2.24, 2.45) is 0 Å². The highest BCUT2D eigenvalue weighted by Gasteiger charge is 2.37. The van der Waals surface area contributed by atoms with Gasteiger partial charge >= 0.3 is 11.9 Å². The molecule has 4 aromatic rings. The Bertz CT molecular complexity index is 1120. The van der Waals surface area contributed by atoms with Crippen LogP contribution in [0.5, 0.6) is 0 Å². The van der Waals surface area contributed by atoms with Crippen LogP contribution in [0.1, 0.15) is 11.4 Å². The van der Waals surface area contributed by atoms with Crippen molar-refractivity contribution in [3.63, 3.8) is 0 Å². The summed E-state index contributed by atoms with van der Waals surface area (Å²) in [6.07, 6.45) is -4.64. The minimum Gasteiger partial charge on any atom is -0.365 e. The Morgan fingerprint density at radius 2 is 1.88 bits per heavy atom. The predicted octanol–water partition coefficient (Wildman–Crippen LogP) is 1.92. The number of nitrogens with zero attached hydrogens (tertiary/aromatic N) is 4. The van der Waals surface area contributed by atoms with Crippen molar-refractivity contribution >= 4 is 22.5 Å². The summed E-state index contributed by atoms with van der Waals surface area (Å²) in [4.78, 5) is 16.5. The average molecular weight is 349 g/mol. The number of rotatable bonds is 3. The van der Waals surface area contributed by atoms with Crippen LogP contribution in [0.4, 0.5) is 19.0 Å². The van der Waals surface area contributed by atoms with Crippen LogP contribution in [0.3, 0.4) is 0 Å². The molecule has 4 rings (SSSR count). The van der Waals surface area contributed by atoms with Gasteiger partial charge in [0.2, 0.25) is 0 Å². The van der Waals surface area contributed by atoms with Crippen LogP contribution in [0.2, 0.25) is 0 Å². The molecular formula is C14H10F3N7O. The lowest BCUT2D eigenvalue weighted by molar-refractivity contribution is -0.146. The van der Waals surface area contributed by atoms with E-state index in [1.165, 1.54) is 12.1 Å². The van der Waals surface area contributed by atoms with E-state index in [1.54, 1.807) is 18.2 Å². The van der Waals surface area contributed by atoms with Crippen LogP contribution in [0, 0.1) is 0 Å². The van der Waals surface area contributed by atoms with E-state index in [9.17, 15) is 18.0 Å². The summed E-state index contributed by atoms with van der Waals surface area (Å²) >= 11 is 0. The molecule has 3 heterocycles. The molecule has 3 aromatic heterocycles. The zero-order valence-electron chi connectivity index (χ0n) is 12.4. The highest BCUT2D eigenvalue weighted by Crippen LogP contribution is 2.27. The fourth-order valence-electron chi connectivity index (χ4n) is 2.44. The van der Waals surface area contributed by atoms with Gasteiger partial charge in [0.15, 0.2) is 5.65 Å². The Labute approximate surface area is 136 Å². The summed E-state index contributed by atoms with van der Waals surface area (Å²) in [5.41, 5.74) is 1.84. The normalized spacial score (nSPS) is 12.1. The third kappa shape index (κ3) is 2.79. The molecule has 0 spiro atoms. The van der Waals surface area contributed by atoms with Gasteiger partial charge in [-0.2, -0.15) is 17.7 Å². The summed E-state index contributed by atoms with van der Waals surface area (Å²) in [5.74, 6) is -0.946. The Balaban J connectivity index is 1.60. The minimum atomic E-state index is -4.64. The molecule has 11 heteroatoms. The fourth-order valence-corrected chi connectivity index (χ4v) is 2.44. The van der Waals surface area contributed by atoms with E-state index >= 15 is 0 Å². The van der Waals surface area contributed by atoms with Crippen LogP contribution >= 0.6 is 0 Å². The number of imidazole rings is 1. The van der Waals surface area contributed by atoms with Crippen molar-refractivity contribution in [1.29, 1.82) is 0 Å². The lowest BCUT2D eigenvalue weighted by atomic mass is 10.2. The van der Waals surface area contributed by atoms with Crippen molar-refractivity contribution < 1.29 is 13.2 Å². The van der Waals surface area contributed by atoms with E-state index in [4.69, 9.17) is 0 Å². The first-order valence-electron chi connectivity index (χ1n) is 7.14. The molecule has 1 aromatic carbocycles. The molecule has 0 fully saturated rings. The van der Waals surface area contributed by atoms with E-state index < -0.39 is 12.0 Å². The van der Waals surface area contributed by atoms with E-state index in [1.807, 2.05) is 0 Å². The number of aromatic amines is 2. The van der Waals surface area contributed by atoms with Crippen LogP contribution in [-0.4, -0.2) is 29.8 Å². The van der Waals surface area contributed by atoms with Gasteiger partial charge in [0, 0.05) is 6.54 Å². The van der Waals surface area contributed by atoms with Gasteiger partial charge in [-0.1, -0.05) is 6.07 Å². The number of fused-ring (bicyclic) bond motifs is 2. The summed E-state index contributed by atoms with van der Waals surface area (Å²) in [6.45, 7) is 0.311. The summed E-state index contributed by atoms with van der Waals surface area (Å²) in [5, 5.41) is 13.4. The molecule has 0 saturated heterocycles. The predicted molar refractivity (Wildman–Crippen MR) is 82.0 cm³/mol. The van der Waals surface area contributed by atoms with Crippen molar-refractivity contribution in [3.05, 3.63) is 52.2 Å². The first-order valence-corrected chi connectivity index (χ1v) is 7.14. The monoisotopic (exact) mass is 349 g/mol. The van der Waals surface area contributed by atoms with E-state index in [0.717, 1.165) is 5.56 Å². The average Bonchev–Trinajstić information content (AvgIpc) is 3.13. The molecule has 0 radical (unpaired) electrons. The molecule has 0 aliphatic carbocycles.